The van der Waals surface area contributed by atoms with Crippen molar-refractivity contribution >= 4 is 11.8 Å². The molecule has 2 amide bonds. The molecule has 1 atom stereocenters. The first-order valence-corrected chi connectivity index (χ1v) is 8.87. The number of nitrogens with zero attached hydrogens (tertiary/aromatic N) is 2. The van der Waals surface area contributed by atoms with Gasteiger partial charge in [-0.1, -0.05) is 19.1 Å². The van der Waals surface area contributed by atoms with Crippen LogP contribution in [0.1, 0.15) is 44.6 Å². The van der Waals surface area contributed by atoms with Crippen molar-refractivity contribution in [2.24, 2.45) is 5.92 Å². The van der Waals surface area contributed by atoms with Crippen molar-refractivity contribution in [3.8, 4) is 0 Å². The molecule has 24 heavy (non-hydrogen) atoms. The molecule has 0 aliphatic carbocycles. The third-order valence-electron chi connectivity index (χ3n) is 5.21. The lowest BCUT2D eigenvalue weighted by Gasteiger charge is -2.39. The van der Waals surface area contributed by atoms with Gasteiger partial charge in [0.25, 0.3) is 0 Å². The summed E-state index contributed by atoms with van der Waals surface area (Å²) in [4.78, 5) is 28.9. The van der Waals surface area contributed by atoms with E-state index in [1.165, 1.54) is 12.1 Å². The van der Waals surface area contributed by atoms with Gasteiger partial charge in [0.05, 0.1) is 0 Å². The van der Waals surface area contributed by atoms with Crippen molar-refractivity contribution in [3.05, 3.63) is 35.6 Å². The van der Waals surface area contributed by atoms with Crippen LogP contribution in [0.15, 0.2) is 24.3 Å². The maximum atomic E-state index is 13.1. The zero-order valence-electron chi connectivity index (χ0n) is 14.2. The molecule has 0 aromatic heterocycles. The molecule has 0 saturated carbocycles. The van der Waals surface area contributed by atoms with Crippen LogP contribution in [0.25, 0.3) is 0 Å². The summed E-state index contributed by atoms with van der Waals surface area (Å²) in [6, 6.07) is 5.78. The van der Waals surface area contributed by atoms with Gasteiger partial charge < -0.3 is 9.80 Å². The van der Waals surface area contributed by atoms with E-state index in [0.717, 1.165) is 44.3 Å². The molecule has 1 aromatic carbocycles. The monoisotopic (exact) mass is 332 g/mol. The van der Waals surface area contributed by atoms with Crippen LogP contribution in [0.5, 0.6) is 0 Å². The summed E-state index contributed by atoms with van der Waals surface area (Å²) in [6.45, 7) is 4.16. The lowest BCUT2D eigenvalue weighted by molar-refractivity contribution is -0.150. The molecule has 1 unspecified atom stereocenters. The van der Waals surface area contributed by atoms with Gasteiger partial charge in [0.1, 0.15) is 11.9 Å². The first-order valence-electron chi connectivity index (χ1n) is 8.87. The van der Waals surface area contributed by atoms with Gasteiger partial charge in [-0.2, -0.15) is 0 Å². The number of piperidine rings is 2. The summed E-state index contributed by atoms with van der Waals surface area (Å²) in [5, 5.41) is 0. The molecule has 2 saturated heterocycles. The molecule has 4 nitrogen and oxygen atoms in total. The van der Waals surface area contributed by atoms with Gasteiger partial charge in [-0.05, 0) is 49.3 Å². The molecule has 0 N–H and O–H groups in total. The van der Waals surface area contributed by atoms with Gasteiger partial charge in [-0.15, -0.1) is 0 Å². The van der Waals surface area contributed by atoms with Gasteiger partial charge in [0.2, 0.25) is 11.8 Å². The van der Waals surface area contributed by atoms with E-state index >= 15 is 0 Å². The second-order valence-corrected chi connectivity index (χ2v) is 7.06. The third-order valence-corrected chi connectivity index (χ3v) is 5.21. The van der Waals surface area contributed by atoms with E-state index in [4.69, 9.17) is 0 Å². The topological polar surface area (TPSA) is 40.6 Å². The fourth-order valence-corrected chi connectivity index (χ4v) is 3.60. The Morgan fingerprint density at radius 3 is 2.50 bits per heavy atom. The highest BCUT2D eigenvalue weighted by Crippen LogP contribution is 2.25. The van der Waals surface area contributed by atoms with Crippen LogP contribution in [0.3, 0.4) is 0 Å². The molecule has 2 aliphatic heterocycles. The van der Waals surface area contributed by atoms with Gasteiger partial charge in [0.15, 0.2) is 0 Å². The highest BCUT2D eigenvalue weighted by Gasteiger charge is 2.36. The van der Waals surface area contributed by atoms with E-state index in [1.54, 1.807) is 17.0 Å². The second kappa shape index (κ2) is 7.32. The van der Waals surface area contributed by atoms with Gasteiger partial charge in [0, 0.05) is 26.1 Å². The van der Waals surface area contributed by atoms with E-state index in [2.05, 4.69) is 6.92 Å². The number of likely N-dealkylation sites (tertiary alicyclic amines) is 2. The fraction of sp³-hybridized carbons (Fsp3) is 0.579. The van der Waals surface area contributed by atoms with Crippen molar-refractivity contribution < 1.29 is 14.0 Å². The molecule has 0 radical (unpaired) electrons. The lowest BCUT2D eigenvalue weighted by Crippen LogP contribution is -2.54. The Labute approximate surface area is 142 Å². The van der Waals surface area contributed by atoms with Gasteiger partial charge in [-0.3, -0.25) is 9.59 Å². The maximum absolute atomic E-state index is 13.1. The average Bonchev–Trinajstić information content (AvgIpc) is 2.58. The molecule has 1 aromatic rings. The minimum Gasteiger partial charge on any atom is -0.341 e. The molecule has 5 heteroatoms. The third kappa shape index (κ3) is 3.77. The largest absolute Gasteiger partial charge is 0.341 e. The van der Waals surface area contributed by atoms with Gasteiger partial charge >= 0.3 is 0 Å². The Kier molecular flexibility index (Phi) is 5.17. The van der Waals surface area contributed by atoms with Crippen LogP contribution in [-0.4, -0.2) is 40.7 Å². The fourth-order valence-electron chi connectivity index (χ4n) is 3.60. The Balaban J connectivity index is 1.72. The summed E-state index contributed by atoms with van der Waals surface area (Å²) >= 11 is 0. The molecule has 2 aliphatic rings. The molecule has 0 bridgehead atoms. The summed E-state index contributed by atoms with van der Waals surface area (Å²) in [7, 11) is 0. The highest BCUT2D eigenvalue weighted by atomic mass is 19.1. The van der Waals surface area contributed by atoms with Crippen LogP contribution in [0.4, 0.5) is 4.39 Å². The highest BCUT2D eigenvalue weighted by molar-refractivity contribution is 5.88. The van der Waals surface area contributed by atoms with Crippen molar-refractivity contribution in [1.82, 2.24) is 9.80 Å². The first-order chi connectivity index (χ1) is 11.5. The van der Waals surface area contributed by atoms with Crippen LogP contribution in [0.2, 0.25) is 0 Å². The Bertz CT molecular complexity index is 594. The summed E-state index contributed by atoms with van der Waals surface area (Å²) in [6.07, 6.45) is 4.04. The number of amides is 2. The second-order valence-electron chi connectivity index (χ2n) is 7.06. The molecule has 0 spiro atoms. The van der Waals surface area contributed by atoms with Crippen LogP contribution in [0, 0.1) is 11.7 Å². The van der Waals surface area contributed by atoms with Crippen LogP contribution in [-0.2, 0) is 16.1 Å². The average molecular weight is 332 g/mol. The SMILES string of the molecule is CC1CCN(C(=O)C2CCCC(=O)N2Cc2ccc(F)cc2)CC1. The molecular formula is C19H25FN2O2. The smallest absolute Gasteiger partial charge is 0.245 e. The van der Waals surface area contributed by atoms with Crippen molar-refractivity contribution in [1.29, 1.82) is 0 Å². The van der Waals surface area contributed by atoms with Crippen molar-refractivity contribution in [3.63, 3.8) is 0 Å². The Morgan fingerprint density at radius 2 is 1.83 bits per heavy atom. The standard InChI is InChI=1S/C19H25FN2O2/c1-14-9-11-21(12-10-14)19(24)17-3-2-4-18(23)22(17)13-15-5-7-16(20)8-6-15/h5-8,14,17H,2-4,9-13H2,1H3. The maximum Gasteiger partial charge on any atom is 0.245 e. The van der Waals surface area contributed by atoms with Crippen LogP contribution >= 0.6 is 0 Å². The summed E-state index contributed by atoms with van der Waals surface area (Å²) in [5.74, 6) is 0.475. The van der Waals surface area contributed by atoms with E-state index in [-0.39, 0.29) is 23.7 Å². The quantitative estimate of drug-likeness (QED) is 0.854. The molecule has 130 valence electrons. The van der Waals surface area contributed by atoms with Crippen LogP contribution < -0.4 is 0 Å². The molecule has 2 heterocycles. The van der Waals surface area contributed by atoms with Crippen molar-refractivity contribution in [2.75, 3.05) is 13.1 Å². The zero-order chi connectivity index (χ0) is 17.1. The Morgan fingerprint density at radius 1 is 1.17 bits per heavy atom. The van der Waals surface area contributed by atoms with E-state index in [1.807, 2.05) is 4.90 Å². The van der Waals surface area contributed by atoms with E-state index in [9.17, 15) is 14.0 Å². The summed E-state index contributed by atoms with van der Waals surface area (Å²) < 4.78 is 13.1. The Hall–Kier alpha value is -1.91. The first kappa shape index (κ1) is 16.9. The normalized spacial score (nSPS) is 22.8. The number of benzene rings is 1. The zero-order valence-corrected chi connectivity index (χ0v) is 14.2. The minimum absolute atomic E-state index is 0.0225. The predicted octanol–water partition coefficient (Wildman–Crippen LogP) is 2.97. The number of hydrogen-bond donors (Lipinski definition) is 0. The van der Waals surface area contributed by atoms with Gasteiger partial charge in [-0.25, -0.2) is 4.39 Å². The van der Waals surface area contributed by atoms with Crippen molar-refractivity contribution in [2.45, 2.75) is 51.6 Å². The number of halogens is 1. The predicted molar refractivity (Wildman–Crippen MR) is 89.6 cm³/mol. The molecule has 2 fully saturated rings. The van der Waals surface area contributed by atoms with E-state index < -0.39 is 0 Å². The number of carbonyl (C=O) groups excluding carboxylic acids is 2. The summed E-state index contributed by atoms with van der Waals surface area (Å²) in [5.41, 5.74) is 0.858. The number of rotatable bonds is 3. The number of hydrogen-bond acceptors (Lipinski definition) is 2. The van der Waals surface area contributed by atoms with E-state index in [0.29, 0.717) is 18.9 Å². The molecular weight excluding hydrogens is 307 g/mol. The lowest BCUT2D eigenvalue weighted by atomic mass is 9.95. The number of carbonyl (C=O) groups is 2. The minimum atomic E-state index is -0.371. The molecule has 3 rings (SSSR count).